The molecule has 0 saturated heterocycles. The Morgan fingerprint density at radius 3 is 2.94 bits per heavy atom. The predicted molar refractivity (Wildman–Crippen MR) is 61.2 cm³/mol. The lowest BCUT2D eigenvalue weighted by Crippen LogP contribution is -2.52. The zero-order chi connectivity index (χ0) is 12.4. The lowest BCUT2D eigenvalue weighted by molar-refractivity contribution is -0.127. The zero-order valence-electron chi connectivity index (χ0n) is 9.34. The van der Waals surface area contributed by atoms with Crippen molar-refractivity contribution in [2.75, 3.05) is 11.5 Å². The highest BCUT2D eigenvalue weighted by Gasteiger charge is 2.32. The number of para-hydroxylation sites is 2. The number of hydrogen-bond acceptors (Lipinski definition) is 4. The largest absolute Gasteiger partial charge is 0.482 e. The average molecular weight is 235 g/mol. The standard InChI is InChI=1S/C11H13N3O3/c1-7(11(16)13-12)14-8-4-2-3-5-9(8)17-6-10(14)15/h2-5,7H,6,12H2,1H3,(H,13,16). The number of ether oxygens (including phenoxy) is 1. The predicted octanol–water partition coefficient (Wildman–Crippen LogP) is -0.210. The highest BCUT2D eigenvalue weighted by molar-refractivity contribution is 6.03. The molecule has 0 aromatic heterocycles. The number of benzene rings is 1. The maximum Gasteiger partial charge on any atom is 0.265 e. The van der Waals surface area contributed by atoms with Crippen LogP contribution in [0.1, 0.15) is 6.92 Å². The van der Waals surface area contributed by atoms with Crippen LogP contribution < -0.4 is 20.9 Å². The molecule has 6 nitrogen and oxygen atoms in total. The Balaban J connectivity index is 2.39. The van der Waals surface area contributed by atoms with Crippen molar-refractivity contribution in [1.29, 1.82) is 0 Å². The smallest absolute Gasteiger partial charge is 0.265 e. The number of rotatable bonds is 2. The van der Waals surface area contributed by atoms with Crippen LogP contribution in [0.5, 0.6) is 5.75 Å². The Bertz CT molecular complexity index is 461. The molecule has 1 aromatic rings. The van der Waals surface area contributed by atoms with Crippen LogP contribution in [0.25, 0.3) is 0 Å². The van der Waals surface area contributed by atoms with Gasteiger partial charge in [-0.3, -0.25) is 19.9 Å². The summed E-state index contributed by atoms with van der Waals surface area (Å²) in [5, 5.41) is 0. The molecule has 3 N–H and O–H groups in total. The van der Waals surface area contributed by atoms with Gasteiger partial charge in [-0.1, -0.05) is 12.1 Å². The molecule has 0 saturated carbocycles. The third-order valence-corrected chi connectivity index (χ3v) is 2.65. The molecule has 0 aliphatic carbocycles. The highest BCUT2D eigenvalue weighted by atomic mass is 16.5. The highest BCUT2D eigenvalue weighted by Crippen LogP contribution is 2.32. The molecule has 1 aliphatic heterocycles. The van der Waals surface area contributed by atoms with Gasteiger partial charge in [-0.2, -0.15) is 0 Å². The summed E-state index contributed by atoms with van der Waals surface area (Å²) in [5.41, 5.74) is 2.62. The van der Waals surface area contributed by atoms with Crippen molar-refractivity contribution in [2.45, 2.75) is 13.0 Å². The van der Waals surface area contributed by atoms with Crippen molar-refractivity contribution in [3.63, 3.8) is 0 Å². The third kappa shape index (κ3) is 1.94. The second kappa shape index (κ2) is 4.42. The van der Waals surface area contributed by atoms with E-state index >= 15 is 0 Å². The van der Waals surface area contributed by atoms with Gasteiger partial charge in [0.25, 0.3) is 11.8 Å². The van der Waals surface area contributed by atoms with Gasteiger partial charge in [0, 0.05) is 0 Å². The minimum atomic E-state index is -0.669. The average Bonchev–Trinajstić information content (AvgIpc) is 2.37. The van der Waals surface area contributed by atoms with Crippen molar-refractivity contribution < 1.29 is 14.3 Å². The van der Waals surface area contributed by atoms with Crippen LogP contribution in [0.4, 0.5) is 5.69 Å². The van der Waals surface area contributed by atoms with Crippen LogP contribution in [0.3, 0.4) is 0 Å². The number of nitrogens with two attached hydrogens (primary N) is 1. The molecule has 17 heavy (non-hydrogen) atoms. The number of amides is 2. The topological polar surface area (TPSA) is 84.7 Å². The summed E-state index contributed by atoms with van der Waals surface area (Å²) in [6.07, 6.45) is 0. The van der Waals surface area contributed by atoms with Crippen molar-refractivity contribution in [2.24, 2.45) is 5.84 Å². The van der Waals surface area contributed by atoms with Crippen LogP contribution in [0.15, 0.2) is 24.3 Å². The summed E-state index contributed by atoms with van der Waals surface area (Å²) in [6, 6.07) is 6.40. The van der Waals surface area contributed by atoms with Gasteiger partial charge < -0.3 is 4.74 Å². The second-order valence-corrected chi connectivity index (χ2v) is 3.70. The van der Waals surface area contributed by atoms with E-state index in [2.05, 4.69) is 0 Å². The fourth-order valence-electron chi connectivity index (χ4n) is 1.78. The van der Waals surface area contributed by atoms with E-state index in [-0.39, 0.29) is 12.5 Å². The molecule has 0 bridgehead atoms. The van der Waals surface area contributed by atoms with Crippen LogP contribution in [-0.4, -0.2) is 24.5 Å². The minimum absolute atomic E-state index is 0.0702. The van der Waals surface area contributed by atoms with E-state index in [1.165, 1.54) is 4.90 Å². The SMILES string of the molecule is CC(C(=O)NN)N1C(=O)COc2ccccc21. The molecule has 1 heterocycles. The van der Waals surface area contributed by atoms with E-state index in [1.807, 2.05) is 5.43 Å². The third-order valence-electron chi connectivity index (χ3n) is 2.65. The van der Waals surface area contributed by atoms with Gasteiger partial charge in [0.1, 0.15) is 11.8 Å². The van der Waals surface area contributed by atoms with Crippen LogP contribution in [-0.2, 0) is 9.59 Å². The molecule has 2 amide bonds. The number of carbonyl (C=O) groups is 2. The maximum atomic E-state index is 11.8. The second-order valence-electron chi connectivity index (χ2n) is 3.70. The van der Waals surface area contributed by atoms with Crippen LogP contribution in [0, 0.1) is 0 Å². The van der Waals surface area contributed by atoms with Gasteiger partial charge in [-0.05, 0) is 19.1 Å². The number of carbonyl (C=O) groups excluding carboxylic acids is 2. The molecule has 1 atom stereocenters. The Morgan fingerprint density at radius 1 is 1.53 bits per heavy atom. The van der Waals surface area contributed by atoms with E-state index in [1.54, 1.807) is 31.2 Å². The summed E-state index contributed by atoms with van der Waals surface area (Å²) in [5.74, 6) is 4.98. The first kappa shape index (κ1) is 11.4. The summed E-state index contributed by atoms with van der Waals surface area (Å²) in [6.45, 7) is 1.54. The Morgan fingerprint density at radius 2 is 2.24 bits per heavy atom. The van der Waals surface area contributed by atoms with Crippen LogP contribution in [0.2, 0.25) is 0 Å². The van der Waals surface area contributed by atoms with Crippen molar-refractivity contribution in [1.82, 2.24) is 5.43 Å². The number of fused-ring (bicyclic) bond motifs is 1. The first-order valence-electron chi connectivity index (χ1n) is 5.19. The fraction of sp³-hybridized carbons (Fsp3) is 0.273. The first-order chi connectivity index (χ1) is 8.15. The minimum Gasteiger partial charge on any atom is -0.482 e. The molecule has 1 unspecified atom stereocenters. The molecule has 6 heteroatoms. The molecule has 90 valence electrons. The van der Waals surface area contributed by atoms with E-state index in [9.17, 15) is 9.59 Å². The molecule has 0 spiro atoms. The van der Waals surface area contributed by atoms with Gasteiger partial charge in [0.15, 0.2) is 6.61 Å². The number of nitrogens with one attached hydrogen (secondary N) is 1. The summed E-state index contributed by atoms with van der Waals surface area (Å²) < 4.78 is 5.28. The van der Waals surface area contributed by atoms with Crippen LogP contribution >= 0.6 is 0 Å². The Hall–Kier alpha value is -2.08. The Kier molecular flexibility index (Phi) is 2.97. The van der Waals surface area contributed by atoms with Crippen molar-refractivity contribution in [3.8, 4) is 5.75 Å². The van der Waals surface area contributed by atoms with Gasteiger partial charge in [-0.15, -0.1) is 0 Å². The van der Waals surface area contributed by atoms with E-state index in [4.69, 9.17) is 10.6 Å². The number of hydrogen-bond donors (Lipinski definition) is 2. The fourth-order valence-corrected chi connectivity index (χ4v) is 1.78. The van der Waals surface area contributed by atoms with Gasteiger partial charge in [0.05, 0.1) is 5.69 Å². The monoisotopic (exact) mass is 235 g/mol. The number of hydrazine groups is 1. The zero-order valence-corrected chi connectivity index (χ0v) is 9.34. The molecular formula is C11H13N3O3. The lowest BCUT2D eigenvalue weighted by Gasteiger charge is -2.32. The first-order valence-corrected chi connectivity index (χ1v) is 5.19. The Labute approximate surface area is 98.3 Å². The molecule has 2 rings (SSSR count). The van der Waals surface area contributed by atoms with Gasteiger partial charge in [-0.25, -0.2) is 5.84 Å². The summed E-state index contributed by atoms with van der Waals surface area (Å²) in [7, 11) is 0. The van der Waals surface area contributed by atoms with E-state index in [0.29, 0.717) is 11.4 Å². The van der Waals surface area contributed by atoms with Crippen molar-refractivity contribution in [3.05, 3.63) is 24.3 Å². The lowest BCUT2D eigenvalue weighted by atomic mass is 10.1. The molecule has 1 aromatic carbocycles. The van der Waals surface area contributed by atoms with Gasteiger partial charge >= 0.3 is 0 Å². The normalized spacial score (nSPS) is 15.9. The molecule has 0 fully saturated rings. The number of nitrogens with zero attached hydrogens (tertiary/aromatic N) is 1. The van der Waals surface area contributed by atoms with E-state index < -0.39 is 11.9 Å². The molecule has 1 aliphatic rings. The van der Waals surface area contributed by atoms with E-state index in [0.717, 1.165) is 0 Å². The maximum absolute atomic E-state index is 11.8. The number of anilines is 1. The molecular weight excluding hydrogens is 222 g/mol. The quantitative estimate of drug-likeness (QED) is 0.422. The molecule has 0 radical (unpaired) electrons. The van der Waals surface area contributed by atoms with Crippen molar-refractivity contribution >= 4 is 17.5 Å². The van der Waals surface area contributed by atoms with Gasteiger partial charge in [0.2, 0.25) is 0 Å². The summed E-state index contributed by atoms with van der Waals surface area (Å²) in [4.78, 5) is 24.7. The summed E-state index contributed by atoms with van der Waals surface area (Å²) >= 11 is 0.